The highest BCUT2D eigenvalue weighted by atomic mass is 79.9. The Kier molecular flexibility index (Phi) is 2.93. The Hall–Kier alpha value is 0.390. The SMILES string of the molecule is NC(=O)CC(O)(Br)Br. The summed E-state index contributed by atoms with van der Waals surface area (Å²) in [6.45, 7) is 0. The molecule has 5 heteroatoms. The van der Waals surface area contributed by atoms with E-state index in [1.165, 1.54) is 0 Å². The highest BCUT2D eigenvalue weighted by Gasteiger charge is 2.19. The van der Waals surface area contributed by atoms with Crippen molar-refractivity contribution in [2.45, 2.75) is 9.84 Å². The molecule has 0 aliphatic carbocycles. The standard InChI is InChI=1S/C3H5Br2NO2/c4-3(5,8)1-2(6)7/h8H,1H2,(H2,6,7). The van der Waals surface area contributed by atoms with Gasteiger partial charge >= 0.3 is 0 Å². The van der Waals surface area contributed by atoms with Crippen LogP contribution in [0.4, 0.5) is 0 Å². The van der Waals surface area contributed by atoms with E-state index in [-0.39, 0.29) is 6.42 Å². The predicted molar refractivity (Wildman–Crippen MR) is 36.6 cm³/mol. The highest BCUT2D eigenvalue weighted by molar-refractivity contribution is 9.25. The summed E-state index contributed by atoms with van der Waals surface area (Å²) in [4.78, 5) is 10.0. The minimum absolute atomic E-state index is 0.146. The fourth-order valence-corrected chi connectivity index (χ4v) is 0.762. The lowest BCUT2D eigenvalue weighted by molar-refractivity contribution is -0.119. The average Bonchev–Trinajstić information content (AvgIpc) is 1.21. The van der Waals surface area contributed by atoms with Gasteiger partial charge in [0.1, 0.15) is 0 Å². The molecule has 3 nitrogen and oxygen atoms in total. The van der Waals surface area contributed by atoms with Crippen LogP contribution < -0.4 is 5.73 Å². The van der Waals surface area contributed by atoms with Gasteiger partial charge in [-0.3, -0.25) is 4.79 Å². The second-order valence-electron chi connectivity index (χ2n) is 1.31. The molecule has 8 heavy (non-hydrogen) atoms. The molecule has 0 fully saturated rings. The maximum atomic E-state index is 10.0. The topological polar surface area (TPSA) is 63.3 Å². The van der Waals surface area contributed by atoms with Crippen molar-refractivity contribution >= 4 is 37.8 Å². The van der Waals surface area contributed by atoms with Crippen LogP contribution in [0.1, 0.15) is 6.42 Å². The lowest BCUT2D eigenvalue weighted by Crippen LogP contribution is -2.21. The summed E-state index contributed by atoms with van der Waals surface area (Å²) in [6, 6.07) is 0. The Morgan fingerprint density at radius 3 is 2.12 bits per heavy atom. The van der Waals surface area contributed by atoms with Crippen molar-refractivity contribution in [1.82, 2.24) is 0 Å². The van der Waals surface area contributed by atoms with E-state index in [1.807, 2.05) is 0 Å². The second kappa shape index (κ2) is 2.80. The van der Waals surface area contributed by atoms with Crippen molar-refractivity contribution in [2.75, 3.05) is 0 Å². The first-order valence-electron chi connectivity index (χ1n) is 1.80. The number of alkyl halides is 2. The minimum atomic E-state index is -1.33. The fourth-order valence-electron chi connectivity index (χ4n) is 0.210. The molecule has 0 aromatic carbocycles. The molecule has 3 N–H and O–H groups in total. The molecule has 0 heterocycles. The maximum Gasteiger partial charge on any atom is 0.222 e. The number of aliphatic hydroxyl groups is 1. The van der Waals surface area contributed by atoms with E-state index in [0.29, 0.717) is 0 Å². The number of nitrogens with two attached hydrogens (primary N) is 1. The van der Waals surface area contributed by atoms with Crippen molar-refractivity contribution in [3.63, 3.8) is 0 Å². The van der Waals surface area contributed by atoms with E-state index in [4.69, 9.17) is 10.8 Å². The molecule has 0 aliphatic heterocycles. The van der Waals surface area contributed by atoms with Crippen LogP contribution in [-0.2, 0) is 4.79 Å². The normalized spacial score (nSPS) is 11.4. The van der Waals surface area contributed by atoms with Gasteiger partial charge in [0.25, 0.3) is 0 Å². The molecule has 1 amide bonds. The molecular formula is C3H5Br2NO2. The van der Waals surface area contributed by atoms with E-state index in [1.54, 1.807) is 0 Å². The third kappa shape index (κ3) is 6.39. The summed E-state index contributed by atoms with van der Waals surface area (Å²) in [7, 11) is 0. The van der Waals surface area contributed by atoms with Crippen LogP contribution >= 0.6 is 31.9 Å². The number of amides is 1. The quantitative estimate of drug-likeness (QED) is 0.689. The smallest absolute Gasteiger partial charge is 0.222 e. The fraction of sp³-hybridized carbons (Fsp3) is 0.667. The summed E-state index contributed by atoms with van der Waals surface area (Å²) >= 11 is 5.50. The van der Waals surface area contributed by atoms with E-state index >= 15 is 0 Å². The number of carbonyl (C=O) groups excluding carboxylic acids is 1. The zero-order valence-electron chi connectivity index (χ0n) is 3.90. The number of rotatable bonds is 2. The van der Waals surface area contributed by atoms with E-state index in [2.05, 4.69) is 31.9 Å². The molecule has 0 unspecified atom stereocenters. The van der Waals surface area contributed by atoms with Crippen molar-refractivity contribution in [3.8, 4) is 0 Å². The van der Waals surface area contributed by atoms with E-state index in [9.17, 15) is 4.79 Å². The number of halogens is 2. The average molecular weight is 247 g/mol. The number of primary amides is 1. The summed E-state index contributed by atoms with van der Waals surface area (Å²) in [5, 5.41) is 8.72. The van der Waals surface area contributed by atoms with Crippen LogP contribution in [-0.4, -0.2) is 14.4 Å². The Morgan fingerprint density at radius 1 is 1.75 bits per heavy atom. The Balaban J connectivity index is 3.55. The van der Waals surface area contributed by atoms with Gasteiger partial charge in [-0.2, -0.15) is 0 Å². The Morgan fingerprint density at radius 2 is 2.12 bits per heavy atom. The van der Waals surface area contributed by atoms with Gasteiger partial charge in [-0.05, 0) is 31.9 Å². The van der Waals surface area contributed by atoms with Gasteiger partial charge < -0.3 is 10.8 Å². The monoisotopic (exact) mass is 245 g/mol. The molecule has 0 aromatic heterocycles. The molecule has 0 rings (SSSR count). The lowest BCUT2D eigenvalue weighted by atomic mass is 10.4. The highest BCUT2D eigenvalue weighted by Crippen LogP contribution is 2.25. The molecule has 0 bridgehead atoms. The molecule has 0 spiro atoms. The molecule has 0 aromatic rings. The van der Waals surface area contributed by atoms with Crippen LogP contribution in [0.25, 0.3) is 0 Å². The predicted octanol–water partition coefficient (Wildman–Crippen LogP) is 0.298. The molecule has 0 aliphatic rings. The molecule has 0 saturated carbocycles. The summed E-state index contributed by atoms with van der Waals surface area (Å²) in [6.07, 6.45) is -0.146. The van der Waals surface area contributed by atoms with Gasteiger partial charge in [-0.15, -0.1) is 0 Å². The van der Waals surface area contributed by atoms with Crippen molar-refractivity contribution in [1.29, 1.82) is 0 Å². The van der Waals surface area contributed by atoms with Crippen LogP contribution in [0, 0.1) is 0 Å². The molecule has 48 valence electrons. The number of hydrogen-bond donors (Lipinski definition) is 2. The summed E-state index contributed by atoms with van der Waals surface area (Å²) < 4.78 is -1.33. The van der Waals surface area contributed by atoms with Crippen molar-refractivity contribution in [2.24, 2.45) is 5.73 Å². The molecular weight excluding hydrogens is 242 g/mol. The Bertz CT molecular complexity index is 97.9. The molecule has 0 atom stereocenters. The Labute approximate surface area is 63.5 Å². The lowest BCUT2D eigenvalue weighted by Gasteiger charge is -2.07. The van der Waals surface area contributed by atoms with Gasteiger partial charge in [-0.25, -0.2) is 0 Å². The van der Waals surface area contributed by atoms with Crippen LogP contribution in [0.5, 0.6) is 0 Å². The van der Waals surface area contributed by atoms with E-state index < -0.39 is 9.33 Å². The van der Waals surface area contributed by atoms with Crippen molar-refractivity contribution in [3.05, 3.63) is 0 Å². The second-order valence-corrected chi connectivity index (χ2v) is 5.00. The first-order chi connectivity index (χ1) is 3.42. The number of hydrogen-bond acceptors (Lipinski definition) is 2. The van der Waals surface area contributed by atoms with Crippen LogP contribution in [0.15, 0.2) is 0 Å². The van der Waals surface area contributed by atoms with Gasteiger partial charge in [-0.1, -0.05) is 0 Å². The zero-order chi connectivity index (χ0) is 6.78. The molecule has 0 radical (unpaired) electrons. The van der Waals surface area contributed by atoms with Gasteiger partial charge in [0, 0.05) is 0 Å². The summed E-state index contributed by atoms with van der Waals surface area (Å²) in [5.41, 5.74) is 4.72. The van der Waals surface area contributed by atoms with Crippen LogP contribution in [0.2, 0.25) is 0 Å². The zero-order valence-corrected chi connectivity index (χ0v) is 7.07. The van der Waals surface area contributed by atoms with Gasteiger partial charge in [0.15, 0.2) is 3.42 Å². The number of carbonyl (C=O) groups is 1. The third-order valence-electron chi connectivity index (χ3n) is 0.387. The van der Waals surface area contributed by atoms with Crippen molar-refractivity contribution < 1.29 is 9.90 Å². The largest absolute Gasteiger partial charge is 0.370 e. The third-order valence-corrected chi connectivity index (χ3v) is 0.948. The molecule has 0 saturated heterocycles. The van der Waals surface area contributed by atoms with Gasteiger partial charge in [0.05, 0.1) is 6.42 Å². The van der Waals surface area contributed by atoms with Gasteiger partial charge in [0.2, 0.25) is 5.91 Å². The first kappa shape index (κ1) is 8.39. The maximum absolute atomic E-state index is 10.0. The first-order valence-corrected chi connectivity index (χ1v) is 3.39. The minimum Gasteiger partial charge on any atom is -0.370 e. The van der Waals surface area contributed by atoms with Crippen LogP contribution in [0.3, 0.4) is 0 Å². The summed E-state index contributed by atoms with van der Waals surface area (Å²) in [5.74, 6) is -0.568. The van der Waals surface area contributed by atoms with E-state index in [0.717, 1.165) is 0 Å².